The van der Waals surface area contributed by atoms with Crippen LogP contribution in [0.2, 0.25) is 5.02 Å². The summed E-state index contributed by atoms with van der Waals surface area (Å²) in [7, 11) is -1.45. The third kappa shape index (κ3) is 3.89. The molecule has 2 aliphatic rings. The van der Waals surface area contributed by atoms with E-state index in [0.29, 0.717) is 11.4 Å². The number of sulfonamides is 1. The zero-order valence-corrected chi connectivity index (χ0v) is 18.2. The minimum Gasteiger partial charge on any atom is -0.374 e. The van der Waals surface area contributed by atoms with Crippen molar-refractivity contribution in [2.75, 3.05) is 17.7 Å². The van der Waals surface area contributed by atoms with E-state index in [0.717, 1.165) is 59.2 Å². The molecule has 0 spiro atoms. The molecule has 1 aromatic heterocycles. The van der Waals surface area contributed by atoms with Crippen LogP contribution in [-0.4, -0.2) is 37.5 Å². The number of hydrogen-bond donors (Lipinski definition) is 2. The Morgan fingerprint density at radius 2 is 2.07 bits per heavy atom. The average molecular weight is 436 g/mol. The Labute approximate surface area is 177 Å². The van der Waals surface area contributed by atoms with Gasteiger partial charge in [0.15, 0.2) is 0 Å². The Morgan fingerprint density at radius 3 is 2.83 bits per heavy atom. The zero-order chi connectivity index (χ0) is 20.8. The van der Waals surface area contributed by atoms with Crippen molar-refractivity contribution < 1.29 is 13.5 Å². The minimum atomic E-state index is -3.30. The fourth-order valence-electron chi connectivity index (χ4n) is 4.42. The molecule has 4 rings (SSSR count). The highest BCUT2D eigenvalue weighted by molar-refractivity contribution is 7.89. The number of hydrogen-bond acceptors (Lipinski definition) is 5. The number of aryl methyl sites for hydroxylation is 1. The lowest BCUT2D eigenvalue weighted by atomic mass is 9.84. The predicted octanol–water partition coefficient (Wildman–Crippen LogP) is 3.42. The molecule has 0 fully saturated rings. The van der Waals surface area contributed by atoms with Gasteiger partial charge >= 0.3 is 0 Å². The van der Waals surface area contributed by atoms with Gasteiger partial charge in [-0.1, -0.05) is 11.6 Å². The van der Waals surface area contributed by atoms with Gasteiger partial charge in [0.1, 0.15) is 6.23 Å². The Hall–Kier alpha value is -1.67. The molecule has 1 aromatic carbocycles. The second kappa shape index (κ2) is 7.87. The zero-order valence-electron chi connectivity index (χ0n) is 16.7. The second-order valence-corrected chi connectivity index (χ2v) is 10.3. The van der Waals surface area contributed by atoms with Gasteiger partial charge in [-0.3, -0.25) is 4.98 Å². The maximum atomic E-state index is 12.1. The van der Waals surface area contributed by atoms with Crippen molar-refractivity contribution in [2.24, 2.45) is 0 Å². The number of pyridine rings is 1. The van der Waals surface area contributed by atoms with Crippen molar-refractivity contribution in [2.45, 2.75) is 51.3 Å². The fourth-order valence-corrected chi connectivity index (χ4v) is 5.63. The van der Waals surface area contributed by atoms with Crippen LogP contribution >= 0.6 is 11.6 Å². The van der Waals surface area contributed by atoms with Crippen LogP contribution in [0.5, 0.6) is 0 Å². The van der Waals surface area contributed by atoms with Crippen LogP contribution in [-0.2, 0) is 22.9 Å². The third-order valence-corrected chi connectivity index (χ3v) is 7.70. The number of aliphatic hydroxyl groups is 1. The van der Waals surface area contributed by atoms with Crippen LogP contribution in [0.3, 0.4) is 0 Å². The van der Waals surface area contributed by atoms with Crippen molar-refractivity contribution in [3.63, 3.8) is 0 Å². The summed E-state index contributed by atoms with van der Waals surface area (Å²) in [4.78, 5) is 6.24. The summed E-state index contributed by atoms with van der Waals surface area (Å²) >= 11 is 6.61. The molecule has 8 heteroatoms. The van der Waals surface area contributed by atoms with Crippen molar-refractivity contribution in [3.05, 3.63) is 46.2 Å². The van der Waals surface area contributed by atoms with E-state index in [2.05, 4.69) is 15.8 Å². The summed E-state index contributed by atoms with van der Waals surface area (Å²) in [6.07, 6.45) is 7.08. The molecule has 0 amide bonds. The lowest BCUT2D eigenvalue weighted by Gasteiger charge is -2.34. The maximum absolute atomic E-state index is 12.1. The predicted molar refractivity (Wildman–Crippen MR) is 116 cm³/mol. The molecule has 2 heterocycles. The second-order valence-electron chi connectivity index (χ2n) is 7.82. The Kier molecular flexibility index (Phi) is 5.59. The number of anilines is 1. The van der Waals surface area contributed by atoms with Gasteiger partial charge in [-0.15, -0.1) is 0 Å². The molecule has 156 valence electrons. The molecule has 0 bridgehead atoms. The summed E-state index contributed by atoms with van der Waals surface area (Å²) in [5.74, 6) is 0.0613. The highest BCUT2D eigenvalue weighted by atomic mass is 35.5. The number of halogens is 1. The van der Waals surface area contributed by atoms with Crippen LogP contribution < -0.4 is 9.62 Å². The number of nitrogens with one attached hydrogen (secondary N) is 1. The van der Waals surface area contributed by atoms with E-state index in [1.807, 2.05) is 24.2 Å². The summed E-state index contributed by atoms with van der Waals surface area (Å²) < 4.78 is 27.1. The number of fused-ring (bicyclic) bond motifs is 2. The lowest BCUT2D eigenvalue weighted by Crippen LogP contribution is -2.36. The molecule has 1 aliphatic heterocycles. The van der Waals surface area contributed by atoms with Gasteiger partial charge in [0.25, 0.3) is 0 Å². The van der Waals surface area contributed by atoms with Crippen molar-refractivity contribution >= 4 is 27.3 Å². The summed E-state index contributed by atoms with van der Waals surface area (Å²) in [6.45, 7) is 1.64. The number of rotatable bonds is 4. The van der Waals surface area contributed by atoms with Gasteiger partial charge in [-0.05, 0) is 73.4 Å². The molecule has 2 N–H and O–H groups in total. The lowest BCUT2D eigenvalue weighted by molar-refractivity contribution is 0.160. The van der Waals surface area contributed by atoms with E-state index in [9.17, 15) is 13.5 Å². The summed E-state index contributed by atoms with van der Waals surface area (Å²) in [5.41, 5.74) is 6.06. The Bertz CT molecular complexity index is 1040. The molecule has 2 aromatic rings. The first-order valence-corrected chi connectivity index (χ1v) is 12.0. The first-order valence-electron chi connectivity index (χ1n) is 10.0. The Balaban J connectivity index is 1.77. The fraction of sp³-hybridized carbons (Fsp3) is 0.476. The van der Waals surface area contributed by atoms with E-state index in [4.69, 9.17) is 11.6 Å². The number of nitrogens with zero attached hydrogens (tertiary/aromatic N) is 2. The van der Waals surface area contributed by atoms with Gasteiger partial charge in [0, 0.05) is 31.0 Å². The smallest absolute Gasteiger partial charge is 0.211 e. The quantitative estimate of drug-likeness (QED) is 0.768. The van der Waals surface area contributed by atoms with Gasteiger partial charge in [0.05, 0.1) is 16.5 Å². The molecule has 6 nitrogen and oxygen atoms in total. The molecular weight excluding hydrogens is 410 g/mol. The van der Waals surface area contributed by atoms with Crippen molar-refractivity contribution in [1.29, 1.82) is 0 Å². The van der Waals surface area contributed by atoms with Gasteiger partial charge in [0.2, 0.25) is 10.0 Å². The van der Waals surface area contributed by atoms with Gasteiger partial charge in [-0.25, -0.2) is 13.1 Å². The minimum absolute atomic E-state index is 0.0613. The third-order valence-electron chi connectivity index (χ3n) is 6.01. The maximum Gasteiger partial charge on any atom is 0.211 e. The van der Waals surface area contributed by atoms with Crippen LogP contribution in [0.1, 0.15) is 48.9 Å². The average Bonchev–Trinajstić information content (AvgIpc) is 2.70. The molecular formula is C21H26ClN3O3S. The number of benzene rings is 1. The van der Waals surface area contributed by atoms with Gasteiger partial charge < -0.3 is 10.0 Å². The SMILES string of the molecule is CCS(=O)(=O)NC1CCCc2c(-c3cc(Cl)c4c(c3)CCC(O)N4C)cncc21. The van der Waals surface area contributed by atoms with E-state index >= 15 is 0 Å². The highest BCUT2D eigenvalue weighted by Gasteiger charge is 2.28. The van der Waals surface area contributed by atoms with Crippen LogP contribution in [0, 0.1) is 0 Å². The van der Waals surface area contributed by atoms with Crippen LogP contribution in [0.15, 0.2) is 24.5 Å². The van der Waals surface area contributed by atoms with E-state index in [1.165, 1.54) is 0 Å². The molecule has 0 saturated carbocycles. The summed E-state index contributed by atoms with van der Waals surface area (Å²) in [6, 6.07) is 3.80. The van der Waals surface area contributed by atoms with Crippen molar-refractivity contribution in [3.8, 4) is 11.1 Å². The van der Waals surface area contributed by atoms with Crippen molar-refractivity contribution in [1.82, 2.24) is 9.71 Å². The molecule has 2 unspecified atom stereocenters. The topological polar surface area (TPSA) is 82.5 Å². The first-order chi connectivity index (χ1) is 13.8. The highest BCUT2D eigenvalue weighted by Crippen LogP contribution is 2.41. The monoisotopic (exact) mass is 435 g/mol. The molecule has 0 saturated heterocycles. The molecule has 1 aliphatic carbocycles. The number of aliphatic hydroxyl groups excluding tert-OH is 1. The van der Waals surface area contributed by atoms with E-state index in [1.54, 1.807) is 13.1 Å². The van der Waals surface area contributed by atoms with E-state index in [-0.39, 0.29) is 11.8 Å². The molecule has 0 radical (unpaired) electrons. The first kappa shape index (κ1) is 20.6. The largest absolute Gasteiger partial charge is 0.374 e. The normalized spacial score (nSPS) is 21.6. The van der Waals surface area contributed by atoms with Crippen LogP contribution in [0.25, 0.3) is 11.1 Å². The van der Waals surface area contributed by atoms with E-state index < -0.39 is 16.3 Å². The van der Waals surface area contributed by atoms with Crippen LogP contribution in [0.4, 0.5) is 5.69 Å². The number of aromatic nitrogens is 1. The molecule has 2 atom stereocenters. The molecule has 29 heavy (non-hydrogen) atoms. The van der Waals surface area contributed by atoms with Gasteiger partial charge in [-0.2, -0.15) is 0 Å². The summed E-state index contributed by atoms with van der Waals surface area (Å²) in [5, 5.41) is 10.7. The Morgan fingerprint density at radius 1 is 1.28 bits per heavy atom. The standard InChI is InChI=1S/C21H26ClN3O3S/c1-3-29(27,28)24-19-6-4-5-15-16(11-23-12-17(15)19)14-9-13-7-8-20(26)25(2)21(13)18(22)10-14/h9-12,19-20,24,26H,3-8H2,1-2H3.